The normalized spacial score (nSPS) is 11.6. The fraction of sp³-hybridized carbons (Fsp3) is 0. The Bertz CT molecular complexity index is 2160. The largest absolute Gasteiger partial charge is 0.453 e. The summed E-state index contributed by atoms with van der Waals surface area (Å²) in [4.78, 5) is 27.9. The highest BCUT2D eigenvalue weighted by Gasteiger charge is 2.29. The van der Waals surface area contributed by atoms with E-state index in [9.17, 15) is 9.59 Å². The maximum Gasteiger partial charge on any atom is 0.249 e. The van der Waals surface area contributed by atoms with Crippen LogP contribution in [0.1, 0.15) is 32.4 Å². The number of carbonyl (C=O) groups is 2. The van der Waals surface area contributed by atoms with Crippen molar-refractivity contribution in [3.05, 3.63) is 144 Å². The summed E-state index contributed by atoms with van der Waals surface area (Å²) in [5.41, 5.74) is 2.03. The smallest absolute Gasteiger partial charge is 0.249 e. The zero-order chi connectivity index (χ0) is 27.5. The van der Waals surface area contributed by atoms with Crippen molar-refractivity contribution in [2.45, 2.75) is 0 Å². The van der Waals surface area contributed by atoms with Gasteiger partial charge in [-0.05, 0) is 57.9 Å². The van der Waals surface area contributed by atoms with Gasteiger partial charge >= 0.3 is 0 Å². The van der Waals surface area contributed by atoms with Crippen molar-refractivity contribution in [2.75, 3.05) is 0 Å². The molecule has 0 unspecified atom stereocenters. The van der Waals surface area contributed by atoms with Gasteiger partial charge in [-0.2, -0.15) is 5.10 Å². The number of furan rings is 2. The van der Waals surface area contributed by atoms with Crippen LogP contribution in [0.4, 0.5) is 0 Å². The second kappa shape index (κ2) is 8.89. The third-order valence-electron chi connectivity index (χ3n) is 7.49. The number of fused-ring (bicyclic) bond motifs is 6. The van der Waals surface area contributed by atoms with Crippen LogP contribution in [0.2, 0.25) is 0 Å². The zero-order valence-electron chi connectivity index (χ0n) is 21.6. The quantitative estimate of drug-likeness (QED) is 0.209. The predicted molar refractivity (Wildman–Crippen MR) is 158 cm³/mol. The van der Waals surface area contributed by atoms with Crippen molar-refractivity contribution >= 4 is 55.0 Å². The Morgan fingerprint density at radius 1 is 0.561 bits per heavy atom. The number of hydrogen-bond donors (Lipinski definition) is 0. The number of carbonyl (C=O) groups excluding carboxylic acids is 2. The molecule has 6 nitrogen and oxygen atoms in total. The number of ketones is 2. The van der Waals surface area contributed by atoms with E-state index in [1.54, 1.807) is 18.3 Å². The second-order valence-electron chi connectivity index (χ2n) is 9.95. The molecule has 0 aliphatic heterocycles. The molecule has 0 amide bonds. The fourth-order valence-electron chi connectivity index (χ4n) is 5.48. The van der Waals surface area contributed by atoms with Gasteiger partial charge in [-0.1, -0.05) is 78.9 Å². The molecule has 0 saturated carbocycles. The van der Waals surface area contributed by atoms with Crippen LogP contribution in [-0.2, 0) is 0 Å². The van der Waals surface area contributed by atoms with Gasteiger partial charge in [0.05, 0.1) is 11.3 Å². The van der Waals surface area contributed by atoms with Gasteiger partial charge in [-0.15, -0.1) is 0 Å². The van der Waals surface area contributed by atoms with Gasteiger partial charge in [0.15, 0.2) is 11.5 Å². The van der Waals surface area contributed by atoms with E-state index >= 15 is 0 Å². The van der Waals surface area contributed by atoms with Crippen LogP contribution in [0.5, 0.6) is 0 Å². The minimum atomic E-state index is -0.482. The lowest BCUT2D eigenvalue weighted by molar-refractivity contribution is 0.0977. The molecule has 0 N–H and O–H groups in total. The van der Waals surface area contributed by atoms with Crippen LogP contribution >= 0.6 is 0 Å². The number of aromatic nitrogens is 2. The monoisotopic (exact) mass is 532 g/mol. The molecule has 0 spiro atoms. The van der Waals surface area contributed by atoms with Crippen molar-refractivity contribution in [2.24, 2.45) is 0 Å². The van der Waals surface area contributed by atoms with Crippen molar-refractivity contribution < 1.29 is 18.4 Å². The van der Waals surface area contributed by atoms with Gasteiger partial charge in [0.1, 0.15) is 16.9 Å². The molecular weight excluding hydrogens is 512 g/mol. The van der Waals surface area contributed by atoms with Crippen LogP contribution in [0.15, 0.2) is 130 Å². The topological polar surface area (TPSA) is 78.2 Å². The van der Waals surface area contributed by atoms with Crippen LogP contribution < -0.4 is 0 Å². The summed E-state index contributed by atoms with van der Waals surface area (Å²) >= 11 is 0. The molecule has 8 aromatic rings. The molecule has 8 rings (SSSR count). The summed E-state index contributed by atoms with van der Waals surface area (Å²) in [5.74, 6) is -0.671. The van der Waals surface area contributed by atoms with Crippen molar-refractivity contribution in [3.63, 3.8) is 0 Å². The van der Waals surface area contributed by atoms with Crippen LogP contribution in [0.25, 0.3) is 49.2 Å². The third kappa shape index (κ3) is 3.69. The number of benzene rings is 5. The molecule has 0 atom stereocenters. The molecule has 3 heterocycles. The molecule has 0 aliphatic rings. The van der Waals surface area contributed by atoms with E-state index in [1.807, 2.05) is 103 Å². The minimum Gasteiger partial charge on any atom is -0.453 e. The van der Waals surface area contributed by atoms with E-state index in [0.29, 0.717) is 16.9 Å². The lowest BCUT2D eigenvalue weighted by Gasteiger charge is -1.99. The molecule has 0 fully saturated rings. The SMILES string of the molecule is O=C(c1cc2c(ccc3ccccc32)o1)c1cn(-c2ccccc2)nc1C(=O)c1cc2c(ccc3ccccc32)o1. The Hall–Kier alpha value is -5.75. The molecule has 3 aromatic heterocycles. The highest BCUT2D eigenvalue weighted by Crippen LogP contribution is 2.32. The zero-order valence-corrected chi connectivity index (χ0v) is 21.6. The first-order valence-electron chi connectivity index (χ1n) is 13.2. The number of nitrogens with zero attached hydrogens (tertiary/aromatic N) is 2. The van der Waals surface area contributed by atoms with Gasteiger partial charge in [-0.25, -0.2) is 4.68 Å². The first-order chi connectivity index (χ1) is 20.1. The molecular formula is C35H20N2O4. The van der Waals surface area contributed by atoms with Crippen LogP contribution in [0, 0.1) is 0 Å². The average Bonchev–Trinajstić information content (AvgIpc) is 3.78. The average molecular weight is 533 g/mol. The number of para-hydroxylation sites is 1. The van der Waals surface area contributed by atoms with E-state index < -0.39 is 11.6 Å². The molecule has 5 aromatic carbocycles. The van der Waals surface area contributed by atoms with Gasteiger partial charge in [0, 0.05) is 17.0 Å². The third-order valence-corrected chi connectivity index (χ3v) is 7.49. The first-order valence-corrected chi connectivity index (χ1v) is 13.2. The van der Waals surface area contributed by atoms with Crippen molar-refractivity contribution in [1.29, 1.82) is 0 Å². The molecule has 0 saturated heterocycles. The fourth-order valence-corrected chi connectivity index (χ4v) is 5.48. The minimum absolute atomic E-state index is 0.00692. The van der Waals surface area contributed by atoms with Gasteiger partial charge in [0.25, 0.3) is 0 Å². The standard InChI is InChI=1S/C35H20N2O4/c38-34(31-18-26-24-12-6-4-8-21(24)14-16-29(26)40-31)28-20-37(23-10-2-1-3-11-23)36-33(28)35(39)32-19-27-25-13-7-5-9-22(25)15-17-30(27)41-32/h1-20H. The van der Waals surface area contributed by atoms with Crippen LogP contribution in [-0.4, -0.2) is 21.3 Å². The Labute approximate surface area is 233 Å². The van der Waals surface area contributed by atoms with Crippen molar-refractivity contribution in [3.8, 4) is 5.69 Å². The Kier molecular flexibility index (Phi) is 5.02. The summed E-state index contributed by atoms with van der Waals surface area (Å²) in [6.07, 6.45) is 1.58. The van der Waals surface area contributed by atoms with E-state index in [2.05, 4.69) is 5.10 Å². The van der Waals surface area contributed by atoms with E-state index in [1.165, 1.54) is 4.68 Å². The lowest BCUT2D eigenvalue weighted by Crippen LogP contribution is -2.09. The van der Waals surface area contributed by atoms with Gasteiger partial charge in [0.2, 0.25) is 11.6 Å². The van der Waals surface area contributed by atoms with Gasteiger partial charge < -0.3 is 8.83 Å². The second-order valence-corrected chi connectivity index (χ2v) is 9.95. The summed E-state index contributed by atoms with van der Waals surface area (Å²) in [5, 5.41) is 10.3. The summed E-state index contributed by atoms with van der Waals surface area (Å²) in [6.45, 7) is 0. The summed E-state index contributed by atoms with van der Waals surface area (Å²) in [7, 11) is 0. The Balaban J connectivity index is 1.28. The Morgan fingerprint density at radius 2 is 1.10 bits per heavy atom. The molecule has 6 heteroatoms. The van der Waals surface area contributed by atoms with E-state index in [-0.39, 0.29) is 22.8 Å². The molecule has 0 aliphatic carbocycles. The van der Waals surface area contributed by atoms with Gasteiger partial charge in [-0.3, -0.25) is 9.59 Å². The highest BCUT2D eigenvalue weighted by atomic mass is 16.3. The first kappa shape index (κ1) is 23.2. The van der Waals surface area contributed by atoms with E-state index in [4.69, 9.17) is 8.83 Å². The van der Waals surface area contributed by atoms with Crippen molar-refractivity contribution in [1.82, 2.24) is 9.78 Å². The summed E-state index contributed by atoms with van der Waals surface area (Å²) < 4.78 is 13.6. The van der Waals surface area contributed by atoms with Crippen LogP contribution in [0.3, 0.4) is 0 Å². The number of hydrogen-bond acceptors (Lipinski definition) is 5. The summed E-state index contributed by atoms with van der Waals surface area (Å²) in [6, 6.07) is 36.3. The molecule has 194 valence electrons. The predicted octanol–water partition coefficient (Wildman–Crippen LogP) is 8.13. The molecule has 41 heavy (non-hydrogen) atoms. The maximum absolute atomic E-state index is 14.0. The Morgan fingerprint density at radius 3 is 1.71 bits per heavy atom. The maximum atomic E-state index is 14.0. The number of rotatable bonds is 5. The highest BCUT2D eigenvalue weighted by molar-refractivity contribution is 6.20. The molecule has 0 radical (unpaired) electrons. The lowest BCUT2D eigenvalue weighted by atomic mass is 10.0. The van der Waals surface area contributed by atoms with E-state index in [0.717, 1.165) is 32.3 Å². The molecule has 0 bridgehead atoms.